The molecule has 1 aliphatic heterocycles. The number of fused-ring (bicyclic) bond motifs is 1. The Morgan fingerprint density at radius 3 is 2.55 bits per heavy atom. The van der Waals surface area contributed by atoms with E-state index in [4.69, 9.17) is 0 Å². The highest BCUT2D eigenvalue weighted by Gasteiger charge is 2.32. The minimum atomic E-state index is -0.282. The molecule has 5 rings (SSSR count). The van der Waals surface area contributed by atoms with Gasteiger partial charge in [0.2, 0.25) is 0 Å². The first-order valence-electron chi connectivity index (χ1n) is 10.8. The highest BCUT2D eigenvalue weighted by Crippen LogP contribution is 2.30. The predicted molar refractivity (Wildman–Crippen MR) is 120 cm³/mol. The van der Waals surface area contributed by atoms with Crippen LogP contribution in [0.15, 0.2) is 53.3 Å². The highest BCUT2D eigenvalue weighted by molar-refractivity contribution is 5.81. The number of tetrazole rings is 1. The van der Waals surface area contributed by atoms with E-state index >= 15 is 0 Å². The van der Waals surface area contributed by atoms with E-state index in [1.165, 1.54) is 11.1 Å². The van der Waals surface area contributed by atoms with Crippen molar-refractivity contribution in [1.82, 2.24) is 30.1 Å². The van der Waals surface area contributed by atoms with Gasteiger partial charge in [0.25, 0.3) is 5.56 Å². The minimum Gasteiger partial charge on any atom is -0.322 e. The lowest BCUT2D eigenvalue weighted by atomic mass is 10.0. The fourth-order valence-corrected chi connectivity index (χ4v) is 4.47. The summed E-state index contributed by atoms with van der Waals surface area (Å²) in [5.74, 6) is 0.708. The Balaban J connectivity index is 1.63. The Hall–Kier alpha value is -3.32. The van der Waals surface area contributed by atoms with Crippen molar-refractivity contribution in [1.29, 1.82) is 0 Å². The normalized spacial score (nSPS) is 15.5. The average Bonchev–Trinajstić information content (AvgIpc) is 3.44. The Labute approximate surface area is 180 Å². The van der Waals surface area contributed by atoms with Gasteiger partial charge in [0.05, 0.1) is 6.54 Å². The summed E-state index contributed by atoms with van der Waals surface area (Å²) in [4.78, 5) is 18.7. The van der Waals surface area contributed by atoms with Crippen LogP contribution >= 0.6 is 0 Å². The number of rotatable bonds is 5. The van der Waals surface area contributed by atoms with Crippen molar-refractivity contribution in [3.63, 3.8) is 0 Å². The zero-order valence-electron chi connectivity index (χ0n) is 17.9. The number of H-pyrrole nitrogens is 1. The van der Waals surface area contributed by atoms with Crippen LogP contribution in [0, 0.1) is 13.8 Å². The van der Waals surface area contributed by atoms with Gasteiger partial charge < -0.3 is 4.98 Å². The van der Waals surface area contributed by atoms with E-state index in [2.05, 4.69) is 57.5 Å². The number of benzene rings is 2. The van der Waals surface area contributed by atoms with Crippen molar-refractivity contribution < 1.29 is 0 Å². The maximum absolute atomic E-state index is 13.2. The van der Waals surface area contributed by atoms with Gasteiger partial charge in [-0.15, -0.1) is 5.10 Å². The average molecular weight is 415 g/mol. The van der Waals surface area contributed by atoms with Crippen LogP contribution in [0.5, 0.6) is 0 Å². The van der Waals surface area contributed by atoms with Gasteiger partial charge in [0.1, 0.15) is 6.04 Å². The summed E-state index contributed by atoms with van der Waals surface area (Å²) in [6, 6.07) is 16.1. The molecule has 2 aromatic heterocycles. The topological polar surface area (TPSA) is 79.7 Å². The van der Waals surface area contributed by atoms with Crippen LogP contribution in [0.25, 0.3) is 10.9 Å². The van der Waals surface area contributed by atoms with Crippen LogP contribution in [0.2, 0.25) is 0 Å². The highest BCUT2D eigenvalue weighted by atomic mass is 16.1. The summed E-state index contributed by atoms with van der Waals surface area (Å²) in [5.41, 5.74) is 4.97. The van der Waals surface area contributed by atoms with Gasteiger partial charge in [0, 0.05) is 11.1 Å². The number of hydrogen-bond donors (Lipinski definition) is 1. The Kier molecular flexibility index (Phi) is 5.11. The molecule has 1 saturated heterocycles. The zero-order chi connectivity index (χ0) is 21.4. The second kappa shape index (κ2) is 8.07. The van der Waals surface area contributed by atoms with Gasteiger partial charge in [-0.2, -0.15) is 0 Å². The van der Waals surface area contributed by atoms with Crippen LogP contribution in [-0.4, -0.2) is 43.2 Å². The van der Waals surface area contributed by atoms with Crippen LogP contribution in [0.3, 0.4) is 0 Å². The molecule has 3 heterocycles. The number of likely N-dealkylation sites (tertiary alicyclic amines) is 1. The summed E-state index contributed by atoms with van der Waals surface area (Å²) in [6.45, 7) is 6.57. The molecular formula is C24H26N6O. The van der Waals surface area contributed by atoms with E-state index in [0.29, 0.717) is 17.9 Å². The molecule has 4 aromatic rings. The van der Waals surface area contributed by atoms with E-state index in [0.717, 1.165) is 42.4 Å². The molecule has 0 aliphatic carbocycles. The summed E-state index contributed by atoms with van der Waals surface area (Å²) in [5, 5.41) is 13.7. The molecule has 0 saturated carbocycles. The number of aromatic amines is 1. The summed E-state index contributed by atoms with van der Waals surface area (Å²) < 4.78 is 1.82. The molecule has 7 nitrogen and oxygen atoms in total. The first-order valence-corrected chi connectivity index (χ1v) is 10.8. The lowest BCUT2D eigenvalue weighted by Crippen LogP contribution is -2.33. The SMILES string of the molecule is Cc1cc2cc(C(c3nnnn3Cc3ccccc3)N3CCCC3)c(=O)[nH]c2cc1C. The molecule has 1 atom stereocenters. The standard InChI is InChI=1S/C24H26N6O/c1-16-12-19-14-20(24(31)25-21(19)13-17(16)2)22(29-10-6-7-11-29)23-26-27-28-30(23)15-18-8-4-3-5-9-18/h3-5,8-9,12-14,22H,6-7,10-11,15H2,1-2H3,(H,25,31). The Morgan fingerprint density at radius 2 is 1.77 bits per heavy atom. The molecule has 2 aromatic carbocycles. The first-order chi connectivity index (χ1) is 15.1. The minimum absolute atomic E-state index is 0.0816. The second-order valence-electron chi connectivity index (χ2n) is 8.40. The third kappa shape index (κ3) is 3.77. The molecule has 0 amide bonds. The maximum Gasteiger partial charge on any atom is 0.253 e. The number of aryl methyl sites for hydroxylation is 2. The molecule has 0 radical (unpaired) electrons. The van der Waals surface area contributed by atoms with Crippen molar-refractivity contribution in [3.8, 4) is 0 Å². The molecule has 1 unspecified atom stereocenters. The third-order valence-electron chi connectivity index (χ3n) is 6.27. The molecule has 1 N–H and O–H groups in total. The molecule has 31 heavy (non-hydrogen) atoms. The van der Waals surface area contributed by atoms with E-state index in [9.17, 15) is 4.79 Å². The summed E-state index contributed by atoms with van der Waals surface area (Å²) >= 11 is 0. The zero-order valence-corrected chi connectivity index (χ0v) is 17.9. The van der Waals surface area contributed by atoms with E-state index < -0.39 is 0 Å². The van der Waals surface area contributed by atoms with E-state index in [1.54, 1.807) is 0 Å². The first kappa shape index (κ1) is 19.6. The quantitative estimate of drug-likeness (QED) is 0.542. The van der Waals surface area contributed by atoms with Gasteiger partial charge in [0.15, 0.2) is 5.82 Å². The Bertz CT molecular complexity index is 1270. The number of nitrogens with zero attached hydrogens (tertiary/aromatic N) is 5. The third-order valence-corrected chi connectivity index (χ3v) is 6.27. The number of hydrogen-bond acceptors (Lipinski definition) is 5. The summed E-state index contributed by atoms with van der Waals surface area (Å²) in [7, 11) is 0. The fourth-order valence-electron chi connectivity index (χ4n) is 4.47. The van der Waals surface area contributed by atoms with Gasteiger partial charge >= 0.3 is 0 Å². The molecule has 0 bridgehead atoms. The van der Waals surface area contributed by atoms with Crippen LogP contribution in [0.4, 0.5) is 0 Å². The van der Waals surface area contributed by atoms with E-state index in [-0.39, 0.29) is 11.6 Å². The number of pyridine rings is 1. The van der Waals surface area contributed by atoms with Gasteiger partial charge in [-0.1, -0.05) is 30.3 Å². The van der Waals surface area contributed by atoms with Crippen LogP contribution in [-0.2, 0) is 6.54 Å². The molecule has 158 valence electrons. The molecule has 1 aliphatic rings. The lowest BCUT2D eigenvalue weighted by molar-refractivity contribution is 0.263. The largest absolute Gasteiger partial charge is 0.322 e. The van der Waals surface area contributed by atoms with Crippen LogP contribution in [0.1, 0.15) is 47.0 Å². The molecule has 0 spiro atoms. The number of nitrogens with one attached hydrogen (secondary N) is 1. The van der Waals surface area contributed by atoms with Gasteiger partial charge in [-0.05, 0) is 90.5 Å². The fraction of sp³-hybridized carbons (Fsp3) is 0.333. The lowest BCUT2D eigenvalue weighted by Gasteiger charge is -2.26. The predicted octanol–water partition coefficient (Wildman–Crippen LogP) is 3.36. The smallest absolute Gasteiger partial charge is 0.253 e. The summed E-state index contributed by atoms with van der Waals surface area (Å²) in [6.07, 6.45) is 2.22. The van der Waals surface area contributed by atoms with Crippen molar-refractivity contribution in [2.24, 2.45) is 0 Å². The van der Waals surface area contributed by atoms with Crippen molar-refractivity contribution in [2.75, 3.05) is 13.1 Å². The monoisotopic (exact) mass is 414 g/mol. The van der Waals surface area contributed by atoms with Gasteiger partial charge in [-0.3, -0.25) is 9.69 Å². The molecule has 7 heteroatoms. The van der Waals surface area contributed by atoms with Crippen molar-refractivity contribution in [3.05, 3.63) is 87.0 Å². The Morgan fingerprint density at radius 1 is 1.03 bits per heavy atom. The second-order valence-corrected chi connectivity index (χ2v) is 8.40. The van der Waals surface area contributed by atoms with Crippen molar-refractivity contribution in [2.45, 2.75) is 39.3 Å². The van der Waals surface area contributed by atoms with Crippen LogP contribution < -0.4 is 5.56 Å². The molecule has 1 fully saturated rings. The van der Waals surface area contributed by atoms with E-state index in [1.807, 2.05) is 35.0 Å². The molecular weight excluding hydrogens is 388 g/mol. The van der Waals surface area contributed by atoms with Crippen molar-refractivity contribution >= 4 is 10.9 Å². The number of aromatic nitrogens is 5. The van der Waals surface area contributed by atoms with Gasteiger partial charge in [-0.25, -0.2) is 4.68 Å². The maximum atomic E-state index is 13.2.